The third kappa shape index (κ3) is 8.56. The summed E-state index contributed by atoms with van der Waals surface area (Å²) in [5, 5.41) is 5.95. The number of fused-ring (bicyclic) bond motifs is 7. The first-order chi connectivity index (χ1) is 33.2. The van der Waals surface area contributed by atoms with Gasteiger partial charge in [-0.1, -0.05) is 70.2 Å². The maximum atomic E-state index is 14.2. The number of hydrogen-bond acceptors (Lipinski definition) is 8. The maximum absolute atomic E-state index is 14.2. The molecule has 7 aliphatic rings. The number of carbonyl (C=O) groups excluding carboxylic acids is 3. The number of piperidine rings is 2. The van der Waals surface area contributed by atoms with Gasteiger partial charge in [-0.3, -0.25) is 14.7 Å². The fourth-order valence-electron chi connectivity index (χ4n) is 14.2. The van der Waals surface area contributed by atoms with Crippen molar-refractivity contribution in [2.45, 2.75) is 167 Å². The number of imidazole rings is 1. The minimum atomic E-state index is -0.671. The Morgan fingerprint density at radius 1 is 0.739 bits per heavy atom. The van der Waals surface area contributed by atoms with Crippen molar-refractivity contribution in [1.82, 2.24) is 30.4 Å². The number of amides is 3. The smallest absolute Gasteiger partial charge is 0.407 e. The topological polar surface area (TPSA) is 141 Å². The molecule has 0 spiro atoms. The number of carbonyl (C=O) groups is 3. The molecule has 5 fully saturated rings. The summed E-state index contributed by atoms with van der Waals surface area (Å²) in [4.78, 5) is 57.6. The summed E-state index contributed by atoms with van der Waals surface area (Å²) >= 11 is 0. The predicted octanol–water partition coefficient (Wildman–Crippen LogP) is 11.5. The lowest BCUT2D eigenvalue weighted by Gasteiger charge is -2.43. The summed E-state index contributed by atoms with van der Waals surface area (Å²) in [6, 6.07) is 20.7. The molecule has 1 aromatic heterocycles. The number of hydrogen-bond donors (Lipinski definition) is 3. The van der Waals surface area contributed by atoms with E-state index in [9.17, 15) is 14.4 Å². The first-order valence-corrected chi connectivity index (χ1v) is 26.0. The second kappa shape index (κ2) is 19.0. The molecule has 3 amide bonds. The number of nitrogens with one attached hydrogen (secondary N) is 3. The molecule has 366 valence electrons. The number of likely N-dealkylation sites (tertiary alicyclic amines) is 2. The molecule has 2 saturated heterocycles. The van der Waals surface area contributed by atoms with Crippen LogP contribution in [0.5, 0.6) is 0 Å². The molecule has 4 aromatic rings. The zero-order valence-corrected chi connectivity index (χ0v) is 42.2. The monoisotopic (exact) mass is 936 g/mol. The van der Waals surface area contributed by atoms with Crippen LogP contribution in [0.4, 0.5) is 9.59 Å². The van der Waals surface area contributed by atoms with Crippen LogP contribution < -0.4 is 10.6 Å². The second-order valence-corrected chi connectivity index (χ2v) is 22.1. The molecule has 12 heteroatoms. The van der Waals surface area contributed by atoms with Gasteiger partial charge in [0.1, 0.15) is 11.9 Å². The van der Waals surface area contributed by atoms with Crippen LogP contribution in [0.2, 0.25) is 0 Å². The highest BCUT2D eigenvalue weighted by Gasteiger charge is 2.52. The van der Waals surface area contributed by atoms with E-state index in [1.165, 1.54) is 98.1 Å². The molecule has 3 heterocycles. The molecule has 69 heavy (non-hydrogen) atoms. The number of rotatable bonds is 13. The molecule has 12 nitrogen and oxygen atoms in total. The van der Waals surface area contributed by atoms with E-state index in [4.69, 9.17) is 19.5 Å². The van der Waals surface area contributed by atoms with E-state index in [1.807, 2.05) is 18.7 Å². The van der Waals surface area contributed by atoms with Gasteiger partial charge in [0.05, 0.1) is 37.3 Å². The fourth-order valence-corrected chi connectivity index (χ4v) is 14.2. The molecule has 9 atom stereocenters. The zero-order valence-electron chi connectivity index (χ0n) is 42.2. The first kappa shape index (κ1) is 47.2. The van der Waals surface area contributed by atoms with Gasteiger partial charge in [-0.05, 0) is 177 Å². The van der Waals surface area contributed by atoms with E-state index in [1.54, 1.807) is 0 Å². The Morgan fingerprint density at radius 2 is 1.35 bits per heavy atom. The number of alkyl carbamates (subject to hydrolysis) is 2. The van der Waals surface area contributed by atoms with Crippen molar-refractivity contribution in [3.63, 3.8) is 0 Å². The largest absolute Gasteiger partial charge is 0.453 e. The van der Waals surface area contributed by atoms with Crippen molar-refractivity contribution in [2.24, 2.45) is 28.7 Å². The normalized spacial score (nSPS) is 27.6. The molecule has 6 bridgehead atoms. The van der Waals surface area contributed by atoms with Crippen LogP contribution in [-0.4, -0.2) is 94.0 Å². The summed E-state index contributed by atoms with van der Waals surface area (Å²) in [5.41, 5.74) is 13.5. The minimum Gasteiger partial charge on any atom is -0.453 e. The minimum absolute atomic E-state index is 0.0200. The van der Waals surface area contributed by atoms with Crippen LogP contribution in [0, 0.1) is 23.7 Å². The van der Waals surface area contributed by atoms with Crippen LogP contribution >= 0.6 is 0 Å². The van der Waals surface area contributed by atoms with Crippen molar-refractivity contribution in [1.29, 1.82) is 0 Å². The molecule has 5 unspecified atom stereocenters. The molecular weight excluding hydrogens is 863 g/mol. The van der Waals surface area contributed by atoms with Crippen molar-refractivity contribution in [2.75, 3.05) is 14.2 Å². The Balaban J connectivity index is 0.900. The van der Waals surface area contributed by atoms with Gasteiger partial charge in [0.2, 0.25) is 5.91 Å². The third-order valence-electron chi connectivity index (χ3n) is 17.5. The lowest BCUT2D eigenvalue weighted by atomic mass is 9.63. The highest BCUT2D eigenvalue weighted by atomic mass is 16.5. The van der Waals surface area contributed by atoms with Gasteiger partial charge in [0, 0.05) is 36.1 Å². The average Bonchev–Trinajstić information content (AvgIpc) is 4.23. The highest BCUT2D eigenvalue weighted by molar-refractivity contribution is 5.90. The quantitative estimate of drug-likeness (QED) is 0.113. The number of allylic oxidation sites excluding steroid dienone is 1. The van der Waals surface area contributed by atoms with Crippen molar-refractivity contribution in [3.05, 3.63) is 83.3 Å². The van der Waals surface area contributed by atoms with Gasteiger partial charge in [-0.25, -0.2) is 14.6 Å². The van der Waals surface area contributed by atoms with E-state index >= 15 is 0 Å². The lowest BCUT2D eigenvalue weighted by molar-refractivity contribution is -0.139. The van der Waals surface area contributed by atoms with Gasteiger partial charge in [0.15, 0.2) is 0 Å². The molecule has 5 aliphatic carbocycles. The Labute approximate surface area is 408 Å². The van der Waals surface area contributed by atoms with E-state index in [-0.39, 0.29) is 54.0 Å². The van der Waals surface area contributed by atoms with E-state index in [2.05, 4.69) is 116 Å². The molecular formula is C57H73N7O5. The standard InChI is InChI=1S/C57H73N7O5/c1-30(2)50(61-56(66)68-8)34(7)63-42-21-18-40(26-42)52(63)33(6)58-29-32(5)35-10-12-36(13-11-35)44-23-24-45(49-38-16-14-37(15-17-38)48(44)49)39-20-25-46-47(28-39)60-54(59-46)53-41-19-22-43(27-41)64(53)55(65)51(31(3)4)62-57(67)69-9/h10-13,20,23-25,28-31,34,37-38,40-43,50-53H,14-19,21-22,26-27H2,1-9H3,(H,59,60)(H,61,66)(H,62,67)/b32-29+,58-33+/t34?,37?,38?,40?,41?,42?,43?,50-,51-,52+,53-/m0/s1. The Bertz CT molecular complexity index is 2660. The number of nitrogens with zero attached hydrogens (tertiary/aromatic N) is 4. The molecule has 0 radical (unpaired) electrons. The van der Waals surface area contributed by atoms with Crippen LogP contribution in [0.25, 0.3) is 38.9 Å². The van der Waals surface area contributed by atoms with Gasteiger partial charge >= 0.3 is 12.2 Å². The zero-order chi connectivity index (χ0) is 48.4. The summed E-state index contributed by atoms with van der Waals surface area (Å²) in [6.07, 6.45) is 12.6. The maximum Gasteiger partial charge on any atom is 0.407 e. The summed E-state index contributed by atoms with van der Waals surface area (Å²) < 4.78 is 9.91. The van der Waals surface area contributed by atoms with Crippen LogP contribution in [-0.2, 0) is 14.3 Å². The fraction of sp³-hybridized carbons (Fsp3) is 0.561. The number of H-pyrrole nitrogens is 1. The number of aromatic nitrogens is 2. The molecule has 11 rings (SSSR count). The third-order valence-corrected chi connectivity index (χ3v) is 17.5. The van der Waals surface area contributed by atoms with Gasteiger partial charge in [-0.2, -0.15) is 0 Å². The summed E-state index contributed by atoms with van der Waals surface area (Å²) in [6.45, 7) is 14.9. The second-order valence-electron chi connectivity index (χ2n) is 22.1. The molecule has 3 aromatic carbocycles. The molecule has 2 aliphatic heterocycles. The predicted molar refractivity (Wildman–Crippen MR) is 273 cm³/mol. The van der Waals surface area contributed by atoms with Crippen molar-refractivity contribution in [3.8, 4) is 22.3 Å². The van der Waals surface area contributed by atoms with Crippen molar-refractivity contribution < 1.29 is 23.9 Å². The van der Waals surface area contributed by atoms with E-state index in [0.29, 0.717) is 29.7 Å². The number of benzene rings is 3. The summed E-state index contributed by atoms with van der Waals surface area (Å²) in [7, 11) is 2.77. The Hall–Kier alpha value is -5.49. The van der Waals surface area contributed by atoms with Crippen LogP contribution in [0.15, 0.2) is 65.8 Å². The number of aromatic amines is 1. The van der Waals surface area contributed by atoms with E-state index in [0.717, 1.165) is 47.4 Å². The highest BCUT2D eigenvalue weighted by Crippen LogP contribution is 2.56. The lowest BCUT2D eigenvalue weighted by Crippen LogP contribution is -2.58. The van der Waals surface area contributed by atoms with Crippen LogP contribution in [0.3, 0.4) is 0 Å². The SMILES string of the molecule is COC(=O)N[C@@H](C(C)C)C(C)N1C2CCC(C2)[C@H]1/C(C)=N/C=C(\C)c1ccc(-c2ccc(-c3ccc4nc([C@@H]5C6CCC(C6)N5C(=O)[C@@H](NC(=O)OC)C(C)C)[nH]c4c3)c3c2C2CCC3CC2)cc1. The first-order valence-electron chi connectivity index (χ1n) is 26.0. The van der Waals surface area contributed by atoms with Gasteiger partial charge in [-0.15, -0.1) is 0 Å². The van der Waals surface area contributed by atoms with E-state index < -0.39 is 12.1 Å². The number of aliphatic imine (C=N–C) groups is 1. The Morgan fingerprint density at radius 3 is 2.00 bits per heavy atom. The number of ether oxygens (including phenoxy) is 2. The van der Waals surface area contributed by atoms with Crippen LogP contribution in [0.1, 0.15) is 153 Å². The van der Waals surface area contributed by atoms with Crippen molar-refractivity contribution >= 4 is 40.4 Å². The molecule has 3 N–H and O–H groups in total. The summed E-state index contributed by atoms with van der Waals surface area (Å²) in [5.74, 6) is 2.94. The Kier molecular flexibility index (Phi) is 13.0. The molecule has 3 saturated carbocycles. The number of methoxy groups -OCH3 is 2. The van der Waals surface area contributed by atoms with Gasteiger partial charge < -0.3 is 30.0 Å². The van der Waals surface area contributed by atoms with Gasteiger partial charge in [0.25, 0.3) is 0 Å². The average molecular weight is 936 g/mol.